The monoisotopic (exact) mass is 376 g/mol. The van der Waals surface area contributed by atoms with E-state index in [2.05, 4.69) is 22.2 Å². The lowest BCUT2D eigenvalue weighted by atomic mass is 10.1. The summed E-state index contributed by atoms with van der Waals surface area (Å²) in [5, 5.41) is 8.54. The third-order valence-electron chi connectivity index (χ3n) is 5.42. The Bertz CT molecular complexity index is 1050. The number of carbonyl (C=O) groups excluding carboxylic acids is 1. The Balaban J connectivity index is 1.70. The van der Waals surface area contributed by atoms with E-state index in [0.717, 1.165) is 25.9 Å². The zero-order valence-electron chi connectivity index (χ0n) is 16.0. The van der Waals surface area contributed by atoms with Crippen LogP contribution in [0, 0.1) is 0 Å². The molecule has 4 rings (SSSR count). The van der Waals surface area contributed by atoms with Crippen molar-refractivity contribution in [3.05, 3.63) is 70.6 Å². The molecule has 0 saturated carbocycles. The standard InChI is InChI=1S/C22H24N4O2/c1-2-25-14-8-11-17(25)15-23-21(27)20-18-12-6-7-13-19(18)22(28)26(24-20)16-9-4-3-5-10-16/h3-7,9-10,12-13,17H,2,8,11,14-15H2,1H3,(H,23,27)/t17-/m0/s1. The van der Waals surface area contributed by atoms with Gasteiger partial charge in [-0.05, 0) is 44.1 Å². The molecule has 28 heavy (non-hydrogen) atoms. The Morgan fingerprint density at radius 1 is 1.11 bits per heavy atom. The second-order valence-electron chi connectivity index (χ2n) is 7.08. The number of para-hydroxylation sites is 1. The number of nitrogens with one attached hydrogen (secondary N) is 1. The van der Waals surface area contributed by atoms with Gasteiger partial charge in [-0.15, -0.1) is 0 Å². The predicted octanol–water partition coefficient (Wildman–Crippen LogP) is 2.60. The molecule has 3 aromatic rings. The number of likely N-dealkylation sites (tertiary alicyclic amines) is 1. The molecule has 6 heteroatoms. The van der Waals surface area contributed by atoms with Gasteiger partial charge >= 0.3 is 0 Å². The number of hydrogen-bond acceptors (Lipinski definition) is 4. The van der Waals surface area contributed by atoms with Crippen molar-refractivity contribution in [3.8, 4) is 5.69 Å². The predicted molar refractivity (Wildman–Crippen MR) is 110 cm³/mol. The quantitative estimate of drug-likeness (QED) is 0.743. The van der Waals surface area contributed by atoms with E-state index in [1.807, 2.05) is 36.4 Å². The number of carbonyl (C=O) groups is 1. The first kappa shape index (κ1) is 18.4. The molecule has 1 aromatic heterocycles. The molecule has 144 valence electrons. The molecule has 2 aromatic carbocycles. The summed E-state index contributed by atoms with van der Waals surface area (Å²) in [6, 6.07) is 16.7. The van der Waals surface area contributed by atoms with Gasteiger partial charge in [0.05, 0.1) is 11.1 Å². The van der Waals surface area contributed by atoms with Crippen LogP contribution in [0.25, 0.3) is 16.5 Å². The SMILES string of the molecule is CCN1CCC[C@H]1CNC(=O)c1nn(-c2ccccc2)c(=O)c2ccccc12. The van der Waals surface area contributed by atoms with Gasteiger partial charge in [0.15, 0.2) is 5.69 Å². The molecular weight excluding hydrogens is 352 g/mol. The first-order valence-corrected chi connectivity index (χ1v) is 9.78. The molecule has 1 aliphatic rings. The normalized spacial score (nSPS) is 17.1. The first-order valence-electron chi connectivity index (χ1n) is 9.78. The van der Waals surface area contributed by atoms with Gasteiger partial charge in [-0.3, -0.25) is 14.5 Å². The highest BCUT2D eigenvalue weighted by molar-refractivity contribution is 6.04. The third-order valence-corrected chi connectivity index (χ3v) is 5.42. The zero-order valence-corrected chi connectivity index (χ0v) is 16.0. The number of likely N-dealkylation sites (N-methyl/N-ethyl adjacent to an activating group) is 1. The fraction of sp³-hybridized carbons (Fsp3) is 0.318. The molecule has 6 nitrogen and oxygen atoms in total. The van der Waals surface area contributed by atoms with Crippen molar-refractivity contribution < 1.29 is 4.79 Å². The summed E-state index contributed by atoms with van der Waals surface area (Å²) >= 11 is 0. The van der Waals surface area contributed by atoms with Gasteiger partial charge in [-0.1, -0.05) is 43.3 Å². The summed E-state index contributed by atoms with van der Waals surface area (Å²) in [7, 11) is 0. The minimum absolute atomic E-state index is 0.230. The maximum absolute atomic E-state index is 13.0. The van der Waals surface area contributed by atoms with Gasteiger partial charge in [-0.2, -0.15) is 9.78 Å². The Hall–Kier alpha value is -2.99. The highest BCUT2D eigenvalue weighted by Crippen LogP contribution is 2.17. The highest BCUT2D eigenvalue weighted by Gasteiger charge is 2.24. The molecule has 1 aliphatic heterocycles. The molecule has 1 saturated heterocycles. The summed E-state index contributed by atoms with van der Waals surface area (Å²) in [6.07, 6.45) is 2.25. The van der Waals surface area contributed by atoms with Gasteiger partial charge in [-0.25, -0.2) is 0 Å². The van der Waals surface area contributed by atoms with Crippen molar-refractivity contribution >= 4 is 16.7 Å². The minimum atomic E-state index is -0.246. The third kappa shape index (κ3) is 3.43. The van der Waals surface area contributed by atoms with Gasteiger partial charge in [0.1, 0.15) is 0 Å². The van der Waals surface area contributed by atoms with Crippen molar-refractivity contribution in [1.82, 2.24) is 20.0 Å². The number of aromatic nitrogens is 2. The van der Waals surface area contributed by atoms with E-state index in [-0.39, 0.29) is 17.2 Å². The molecule has 1 amide bonds. The lowest BCUT2D eigenvalue weighted by Crippen LogP contribution is -2.40. The average molecular weight is 376 g/mol. The average Bonchev–Trinajstić information content (AvgIpc) is 3.21. The van der Waals surface area contributed by atoms with Crippen LogP contribution in [0.15, 0.2) is 59.4 Å². The number of benzene rings is 2. The molecule has 0 unspecified atom stereocenters. The van der Waals surface area contributed by atoms with Crippen LogP contribution in [0.4, 0.5) is 0 Å². The largest absolute Gasteiger partial charge is 0.349 e. The Morgan fingerprint density at radius 3 is 2.57 bits per heavy atom. The summed E-state index contributed by atoms with van der Waals surface area (Å²) < 4.78 is 1.31. The number of rotatable bonds is 5. The number of hydrogen-bond donors (Lipinski definition) is 1. The Morgan fingerprint density at radius 2 is 1.82 bits per heavy atom. The van der Waals surface area contributed by atoms with Crippen LogP contribution in [-0.4, -0.2) is 46.3 Å². The van der Waals surface area contributed by atoms with Crippen molar-refractivity contribution in [3.63, 3.8) is 0 Å². The van der Waals surface area contributed by atoms with Gasteiger partial charge < -0.3 is 5.32 Å². The van der Waals surface area contributed by atoms with Crippen LogP contribution in [0.3, 0.4) is 0 Å². The molecule has 0 aliphatic carbocycles. The fourth-order valence-corrected chi connectivity index (χ4v) is 3.94. The molecule has 0 bridgehead atoms. The second kappa shape index (κ2) is 7.94. The molecule has 1 N–H and O–H groups in total. The Labute approximate surface area is 163 Å². The lowest BCUT2D eigenvalue weighted by molar-refractivity contribution is 0.0936. The number of nitrogens with zero attached hydrogens (tertiary/aromatic N) is 3. The van der Waals surface area contributed by atoms with Gasteiger partial charge in [0, 0.05) is 18.0 Å². The summed E-state index contributed by atoms with van der Waals surface area (Å²) in [6.45, 7) is 4.80. The topological polar surface area (TPSA) is 67.2 Å². The summed E-state index contributed by atoms with van der Waals surface area (Å²) in [4.78, 5) is 28.3. The van der Waals surface area contributed by atoms with Crippen molar-refractivity contribution in [2.45, 2.75) is 25.8 Å². The molecule has 2 heterocycles. The maximum Gasteiger partial charge on any atom is 0.279 e. The van der Waals surface area contributed by atoms with Crippen LogP contribution in [0.1, 0.15) is 30.3 Å². The van der Waals surface area contributed by atoms with Crippen LogP contribution in [-0.2, 0) is 0 Å². The number of fused-ring (bicyclic) bond motifs is 1. The molecule has 0 spiro atoms. The van der Waals surface area contributed by atoms with E-state index in [0.29, 0.717) is 29.0 Å². The van der Waals surface area contributed by atoms with Crippen LogP contribution in [0.2, 0.25) is 0 Å². The second-order valence-corrected chi connectivity index (χ2v) is 7.08. The fourth-order valence-electron chi connectivity index (χ4n) is 3.94. The number of amides is 1. The van der Waals surface area contributed by atoms with E-state index in [1.54, 1.807) is 18.2 Å². The van der Waals surface area contributed by atoms with Crippen LogP contribution < -0.4 is 10.9 Å². The molecule has 1 fully saturated rings. The zero-order chi connectivity index (χ0) is 19.5. The van der Waals surface area contributed by atoms with Crippen molar-refractivity contribution in [1.29, 1.82) is 0 Å². The Kier molecular flexibility index (Phi) is 5.21. The molecule has 0 radical (unpaired) electrons. The van der Waals surface area contributed by atoms with Crippen LogP contribution in [0.5, 0.6) is 0 Å². The lowest BCUT2D eigenvalue weighted by Gasteiger charge is -2.23. The van der Waals surface area contributed by atoms with Crippen molar-refractivity contribution in [2.24, 2.45) is 0 Å². The van der Waals surface area contributed by atoms with Gasteiger partial charge in [0.25, 0.3) is 11.5 Å². The smallest absolute Gasteiger partial charge is 0.279 e. The van der Waals surface area contributed by atoms with E-state index < -0.39 is 0 Å². The highest BCUT2D eigenvalue weighted by atomic mass is 16.2. The minimum Gasteiger partial charge on any atom is -0.349 e. The first-order chi connectivity index (χ1) is 13.7. The van der Waals surface area contributed by atoms with E-state index in [4.69, 9.17) is 0 Å². The summed E-state index contributed by atoms with van der Waals surface area (Å²) in [5.74, 6) is -0.246. The van der Waals surface area contributed by atoms with Gasteiger partial charge in [0.2, 0.25) is 0 Å². The van der Waals surface area contributed by atoms with Crippen molar-refractivity contribution in [2.75, 3.05) is 19.6 Å². The van der Waals surface area contributed by atoms with E-state index in [9.17, 15) is 9.59 Å². The molecule has 1 atom stereocenters. The summed E-state index contributed by atoms with van der Waals surface area (Å²) in [5.41, 5.74) is 0.687. The van der Waals surface area contributed by atoms with E-state index in [1.165, 1.54) is 4.68 Å². The van der Waals surface area contributed by atoms with Crippen LogP contribution >= 0.6 is 0 Å². The molecular formula is C22H24N4O2. The van der Waals surface area contributed by atoms with E-state index >= 15 is 0 Å². The maximum atomic E-state index is 13.0.